The number of rotatable bonds is 3. The van der Waals surface area contributed by atoms with Gasteiger partial charge in [0, 0.05) is 0 Å². The van der Waals surface area contributed by atoms with Gasteiger partial charge in [-0.05, 0) is 29.8 Å². The number of benzene rings is 2. The highest BCUT2D eigenvalue weighted by atomic mass is 19.1. The van der Waals surface area contributed by atoms with Crippen molar-refractivity contribution >= 4 is 23.0 Å². The van der Waals surface area contributed by atoms with Gasteiger partial charge < -0.3 is 4.42 Å². The van der Waals surface area contributed by atoms with Gasteiger partial charge in [0.2, 0.25) is 5.91 Å². The maximum absolute atomic E-state index is 12.8. The highest BCUT2D eigenvalue weighted by molar-refractivity contribution is 5.91. The molecule has 1 heterocycles. The van der Waals surface area contributed by atoms with Crippen molar-refractivity contribution in [2.24, 2.45) is 0 Å². The van der Waals surface area contributed by atoms with E-state index >= 15 is 0 Å². The molecule has 20 heavy (non-hydrogen) atoms. The Morgan fingerprint density at radius 1 is 1.15 bits per heavy atom. The molecule has 1 amide bonds. The van der Waals surface area contributed by atoms with Crippen molar-refractivity contribution in [2.75, 3.05) is 5.32 Å². The van der Waals surface area contributed by atoms with Crippen LogP contribution >= 0.6 is 0 Å². The third-order valence-electron chi connectivity index (χ3n) is 2.82. The Balaban J connectivity index is 1.70. The van der Waals surface area contributed by atoms with Crippen LogP contribution in [0.25, 0.3) is 11.1 Å². The number of oxazole rings is 1. The lowest BCUT2D eigenvalue weighted by molar-refractivity contribution is -0.115. The Bertz CT molecular complexity index is 717. The molecule has 0 saturated carbocycles. The molecule has 0 saturated heterocycles. The molecule has 0 atom stereocenters. The minimum Gasteiger partial charge on any atom is -0.423 e. The van der Waals surface area contributed by atoms with E-state index in [1.54, 1.807) is 24.3 Å². The summed E-state index contributed by atoms with van der Waals surface area (Å²) in [6.45, 7) is 0. The first-order valence-electron chi connectivity index (χ1n) is 6.10. The zero-order valence-corrected chi connectivity index (χ0v) is 10.5. The second kappa shape index (κ2) is 5.13. The van der Waals surface area contributed by atoms with Crippen molar-refractivity contribution < 1.29 is 13.6 Å². The summed E-state index contributed by atoms with van der Waals surface area (Å²) in [6, 6.07) is 13.2. The van der Waals surface area contributed by atoms with Gasteiger partial charge in [0.1, 0.15) is 11.3 Å². The first-order chi connectivity index (χ1) is 9.70. The summed E-state index contributed by atoms with van der Waals surface area (Å²) < 4.78 is 18.2. The number of nitrogens with one attached hydrogen (secondary N) is 1. The Hall–Kier alpha value is -2.69. The summed E-state index contributed by atoms with van der Waals surface area (Å²) in [6.07, 6.45) is 0.138. The third kappa shape index (κ3) is 2.66. The van der Waals surface area contributed by atoms with Crippen LogP contribution in [0, 0.1) is 5.82 Å². The number of hydrogen-bond donors (Lipinski definition) is 1. The number of halogens is 1. The van der Waals surface area contributed by atoms with Gasteiger partial charge in [0.25, 0.3) is 0 Å². The lowest BCUT2D eigenvalue weighted by Gasteiger charge is -2.01. The fraction of sp³-hybridized carbons (Fsp3) is 0.0667. The summed E-state index contributed by atoms with van der Waals surface area (Å²) in [5, 5.41) is 2.58. The number of amides is 1. The van der Waals surface area contributed by atoms with Gasteiger partial charge in [-0.1, -0.05) is 24.3 Å². The maximum Gasteiger partial charge on any atom is 0.302 e. The van der Waals surface area contributed by atoms with Crippen LogP contribution in [-0.2, 0) is 11.2 Å². The van der Waals surface area contributed by atoms with E-state index in [9.17, 15) is 9.18 Å². The van der Waals surface area contributed by atoms with Crippen LogP contribution in [0.2, 0.25) is 0 Å². The number of aromatic nitrogens is 1. The van der Waals surface area contributed by atoms with Crippen molar-refractivity contribution in [3.8, 4) is 0 Å². The minimum absolute atomic E-state index is 0.138. The number of para-hydroxylation sites is 2. The molecule has 3 rings (SSSR count). The highest BCUT2D eigenvalue weighted by Crippen LogP contribution is 2.18. The monoisotopic (exact) mass is 270 g/mol. The molecule has 0 fully saturated rings. The predicted molar refractivity (Wildman–Crippen MR) is 72.7 cm³/mol. The van der Waals surface area contributed by atoms with Crippen molar-refractivity contribution in [1.82, 2.24) is 4.98 Å². The van der Waals surface area contributed by atoms with Crippen molar-refractivity contribution in [2.45, 2.75) is 6.42 Å². The third-order valence-corrected chi connectivity index (χ3v) is 2.82. The number of hydrogen-bond acceptors (Lipinski definition) is 3. The minimum atomic E-state index is -0.326. The molecule has 1 aromatic heterocycles. The predicted octanol–water partition coefficient (Wildman–Crippen LogP) is 3.15. The average molecular weight is 270 g/mol. The second-order valence-corrected chi connectivity index (χ2v) is 4.34. The molecule has 100 valence electrons. The van der Waals surface area contributed by atoms with Gasteiger partial charge in [-0.3, -0.25) is 10.1 Å². The lowest BCUT2D eigenvalue weighted by Crippen LogP contribution is -2.14. The van der Waals surface area contributed by atoms with Gasteiger partial charge >= 0.3 is 6.01 Å². The van der Waals surface area contributed by atoms with Crippen LogP contribution in [0.5, 0.6) is 0 Å². The Labute approximate surface area is 114 Å². The summed E-state index contributed by atoms with van der Waals surface area (Å²) in [4.78, 5) is 16.0. The van der Waals surface area contributed by atoms with Crippen molar-refractivity contribution in [3.05, 3.63) is 59.9 Å². The van der Waals surface area contributed by atoms with Crippen molar-refractivity contribution in [3.63, 3.8) is 0 Å². The number of anilines is 1. The normalized spacial score (nSPS) is 10.7. The molecule has 0 spiro atoms. The molecule has 5 heteroatoms. The van der Waals surface area contributed by atoms with E-state index in [1.165, 1.54) is 12.1 Å². The molecular weight excluding hydrogens is 259 g/mol. The standard InChI is InChI=1S/C15H11FN2O2/c16-11-7-5-10(6-8-11)9-14(19)18-15-17-12-3-1-2-4-13(12)20-15/h1-8H,9H2,(H,17,18,19). The van der Waals surface area contributed by atoms with Crippen LogP contribution in [0.1, 0.15) is 5.56 Å². The fourth-order valence-corrected chi connectivity index (χ4v) is 1.88. The summed E-state index contributed by atoms with van der Waals surface area (Å²) in [5.41, 5.74) is 2.02. The van der Waals surface area contributed by atoms with E-state index in [-0.39, 0.29) is 24.2 Å². The molecule has 2 aromatic carbocycles. The molecule has 3 aromatic rings. The fourth-order valence-electron chi connectivity index (χ4n) is 1.88. The molecule has 0 bridgehead atoms. The number of fused-ring (bicyclic) bond motifs is 1. The average Bonchev–Trinajstić information content (AvgIpc) is 2.83. The van der Waals surface area contributed by atoms with Crippen LogP contribution in [0.4, 0.5) is 10.4 Å². The van der Waals surface area contributed by atoms with E-state index < -0.39 is 0 Å². The molecule has 1 N–H and O–H groups in total. The largest absolute Gasteiger partial charge is 0.423 e. The van der Waals surface area contributed by atoms with Crippen LogP contribution in [-0.4, -0.2) is 10.9 Å². The first kappa shape index (κ1) is 12.3. The molecule has 0 radical (unpaired) electrons. The lowest BCUT2D eigenvalue weighted by atomic mass is 10.1. The van der Waals surface area contributed by atoms with E-state index in [0.717, 1.165) is 5.56 Å². The Morgan fingerprint density at radius 2 is 1.90 bits per heavy atom. The van der Waals surface area contributed by atoms with Crippen LogP contribution in [0.3, 0.4) is 0 Å². The van der Waals surface area contributed by atoms with Gasteiger partial charge in [0.15, 0.2) is 5.58 Å². The van der Waals surface area contributed by atoms with E-state index in [0.29, 0.717) is 11.1 Å². The number of carbonyl (C=O) groups is 1. The summed E-state index contributed by atoms with van der Waals surface area (Å²) in [7, 11) is 0. The summed E-state index contributed by atoms with van der Waals surface area (Å²) >= 11 is 0. The van der Waals surface area contributed by atoms with Crippen LogP contribution < -0.4 is 5.32 Å². The van der Waals surface area contributed by atoms with Crippen LogP contribution in [0.15, 0.2) is 52.9 Å². The highest BCUT2D eigenvalue weighted by Gasteiger charge is 2.09. The molecule has 4 nitrogen and oxygen atoms in total. The first-order valence-corrected chi connectivity index (χ1v) is 6.10. The summed E-state index contributed by atoms with van der Waals surface area (Å²) in [5.74, 6) is -0.587. The van der Waals surface area contributed by atoms with Gasteiger partial charge in [-0.2, -0.15) is 4.98 Å². The molecule has 0 aliphatic rings. The molecule has 0 aliphatic heterocycles. The van der Waals surface area contributed by atoms with E-state index in [1.807, 2.05) is 12.1 Å². The van der Waals surface area contributed by atoms with Gasteiger partial charge in [-0.15, -0.1) is 0 Å². The Morgan fingerprint density at radius 3 is 2.65 bits per heavy atom. The topological polar surface area (TPSA) is 55.1 Å². The van der Waals surface area contributed by atoms with E-state index in [2.05, 4.69) is 10.3 Å². The Kier molecular flexibility index (Phi) is 3.16. The molecule has 0 aliphatic carbocycles. The maximum atomic E-state index is 12.8. The number of nitrogens with zero attached hydrogens (tertiary/aromatic N) is 1. The SMILES string of the molecule is O=C(Cc1ccc(F)cc1)Nc1nc2ccccc2o1. The van der Waals surface area contributed by atoms with Gasteiger partial charge in [0.05, 0.1) is 6.42 Å². The smallest absolute Gasteiger partial charge is 0.302 e. The zero-order chi connectivity index (χ0) is 13.9. The quantitative estimate of drug-likeness (QED) is 0.795. The second-order valence-electron chi connectivity index (χ2n) is 4.34. The van der Waals surface area contributed by atoms with Gasteiger partial charge in [-0.25, -0.2) is 4.39 Å². The zero-order valence-electron chi connectivity index (χ0n) is 10.5. The molecular formula is C15H11FN2O2. The number of carbonyl (C=O) groups excluding carboxylic acids is 1. The molecule has 0 unspecified atom stereocenters. The van der Waals surface area contributed by atoms with Crippen molar-refractivity contribution in [1.29, 1.82) is 0 Å². The van der Waals surface area contributed by atoms with E-state index in [4.69, 9.17) is 4.42 Å².